The first-order chi connectivity index (χ1) is 15.9. The molecule has 3 aromatic carbocycles. The number of carbonyl (C=O) groups is 1. The molecular weight excluding hydrogens is 421 g/mol. The van der Waals surface area contributed by atoms with E-state index in [-0.39, 0.29) is 18.3 Å². The van der Waals surface area contributed by atoms with Gasteiger partial charge in [0.2, 0.25) is 0 Å². The average Bonchev–Trinajstić information content (AvgIpc) is 2.85. The highest BCUT2D eigenvalue weighted by atomic mass is 19.1. The van der Waals surface area contributed by atoms with E-state index in [4.69, 9.17) is 4.74 Å². The fourth-order valence-electron chi connectivity index (χ4n) is 4.45. The Morgan fingerprint density at radius 2 is 1.61 bits per heavy atom. The molecular formula is C27H28FNO4. The first-order valence-electron chi connectivity index (χ1n) is 11.1. The van der Waals surface area contributed by atoms with Gasteiger partial charge in [0.05, 0.1) is 18.8 Å². The molecule has 0 spiro atoms. The smallest absolute Gasteiger partial charge is 0.411 e. The van der Waals surface area contributed by atoms with E-state index < -0.39 is 24.4 Å². The minimum Gasteiger partial charge on any atom is -0.438 e. The van der Waals surface area contributed by atoms with Gasteiger partial charge in [-0.05, 0) is 41.3 Å². The molecule has 1 aliphatic heterocycles. The van der Waals surface area contributed by atoms with Crippen molar-refractivity contribution < 1.29 is 24.1 Å². The molecule has 0 aromatic heterocycles. The zero-order valence-electron chi connectivity index (χ0n) is 18.5. The molecule has 3 atom stereocenters. The third-order valence-electron chi connectivity index (χ3n) is 6.39. The Labute approximate surface area is 193 Å². The number of cyclic esters (lactones) is 1. The number of carbonyl (C=O) groups excluding carboxylic acids is 1. The minimum absolute atomic E-state index is 0.133. The Hall–Kier alpha value is -3.22. The van der Waals surface area contributed by atoms with Gasteiger partial charge in [-0.3, -0.25) is 0 Å². The van der Waals surface area contributed by atoms with E-state index >= 15 is 0 Å². The topological polar surface area (TPSA) is 70.0 Å². The third-order valence-corrected chi connectivity index (χ3v) is 6.39. The predicted octanol–water partition coefficient (Wildman–Crippen LogP) is 5.03. The van der Waals surface area contributed by atoms with Crippen molar-refractivity contribution in [1.82, 2.24) is 4.90 Å². The molecule has 3 aromatic rings. The first-order valence-corrected chi connectivity index (χ1v) is 11.1. The van der Waals surface area contributed by atoms with Gasteiger partial charge in [-0.15, -0.1) is 0 Å². The summed E-state index contributed by atoms with van der Waals surface area (Å²) in [5.41, 5.74) is 2.67. The molecule has 1 unspecified atom stereocenters. The van der Waals surface area contributed by atoms with Crippen LogP contribution in [-0.2, 0) is 10.3 Å². The van der Waals surface area contributed by atoms with Gasteiger partial charge in [0, 0.05) is 19.4 Å². The van der Waals surface area contributed by atoms with Crippen LogP contribution in [0.15, 0.2) is 78.9 Å². The second-order valence-corrected chi connectivity index (χ2v) is 8.52. The zero-order chi connectivity index (χ0) is 23.4. The molecule has 5 nitrogen and oxygen atoms in total. The lowest BCUT2D eigenvalue weighted by Crippen LogP contribution is -2.50. The summed E-state index contributed by atoms with van der Waals surface area (Å²) in [4.78, 5) is 14.8. The number of hydrogen-bond donors (Lipinski definition) is 2. The van der Waals surface area contributed by atoms with E-state index in [1.54, 1.807) is 17.0 Å². The molecule has 1 heterocycles. The minimum atomic E-state index is -0.985. The number of halogens is 1. The Morgan fingerprint density at radius 1 is 1.00 bits per heavy atom. The molecule has 0 bridgehead atoms. The lowest BCUT2D eigenvalue weighted by atomic mass is 9.83. The van der Waals surface area contributed by atoms with E-state index in [1.807, 2.05) is 61.5 Å². The van der Waals surface area contributed by atoms with Gasteiger partial charge < -0.3 is 19.8 Å². The summed E-state index contributed by atoms with van der Waals surface area (Å²) in [7, 11) is 0. The second-order valence-electron chi connectivity index (χ2n) is 8.52. The lowest BCUT2D eigenvalue weighted by molar-refractivity contribution is -0.0892. The van der Waals surface area contributed by atoms with E-state index in [1.165, 1.54) is 12.1 Å². The molecule has 0 saturated carbocycles. The van der Waals surface area contributed by atoms with Crippen molar-refractivity contribution >= 4 is 6.09 Å². The number of aliphatic hydroxyl groups excluding tert-OH is 2. The van der Waals surface area contributed by atoms with E-state index in [0.29, 0.717) is 13.0 Å². The van der Waals surface area contributed by atoms with Crippen molar-refractivity contribution in [2.24, 2.45) is 0 Å². The largest absolute Gasteiger partial charge is 0.438 e. The van der Waals surface area contributed by atoms with Crippen LogP contribution in [0.2, 0.25) is 0 Å². The summed E-state index contributed by atoms with van der Waals surface area (Å²) in [6, 6.07) is 23.4. The van der Waals surface area contributed by atoms with Crippen LogP contribution in [0.1, 0.15) is 36.9 Å². The highest BCUT2D eigenvalue weighted by molar-refractivity contribution is 5.70. The number of benzene rings is 3. The van der Waals surface area contributed by atoms with Crippen LogP contribution in [-0.4, -0.2) is 40.5 Å². The van der Waals surface area contributed by atoms with Gasteiger partial charge in [-0.1, -0.05) is 66.7 Å². The normalized spacial score (nSPS) is 20.2. The number of hydrogen-bond acceptors (Lipinski definition) is 4. The van der Waals surface area contributed by atoms with Crippen LogP contribution in [0.5, 0.6) is 0 Å². The van der Waals surface area contributed by atoms with Crippen molar-refractivity contribution in [2.45, 2.75) is 37.5 Å². The SMILES string of the molecule is CC(c1ccc(-c2ccc(F)cc2)cc1)N1CC[C@](C[C@H](O)CO)(c2ccccc2)OC1=O. The van der Waals surface area contributed by atoms with Crippen molar-refractivity contribution in [3.63, 3.8) is 0 Å². The maximum Gasteiger partial charge on any atom is 0.411 e. The molecule has 33 heavy (non-hydrogen) atoms. The second kappa shape index (κ2) is 9.73. The molecule has 0 radical (unpaired) electrons. The number of nitrogens with zero attached hydrogens (tertiary/aromatic N) is 1. The summed E-state index contributed by atoms with van der Waals surface area (Å²) < 4.78 is 19.2. The molecule has 0 aliphatic carbocycles. The third kappa shape index (κ3) is 4.92. The van der Waals surface area contributed by atoms with Crippen molar-refractivity contribution in [1.29, 1.82) is 0 Å². The highest BCUT2D eigenvalue weighted by Crippen LogP contribution is 2.40. The van der Waals surface area contributed by atoms with Gasteiger partial charge >= 0.3 is 6.09 Å². The fourth-order valence-corrected chi connectivity index (χ4v) is 4.45. The van der Waals surface area contributed by atoms with Gasteiger partial charge in [0.1, 0.15) is 11.4 Å². The highest BCUT2D eigenvalue weighted by Gasteiger charge is 2.44. The standard InChI is InChI=1S/C27H28FNO4/c1-19(20-7-9-21(10-8-20)22-11-13-24(28)14-12-22)29-16-15-27(33-26(29)32,17-25(31)18-30)23-5-3-2-4-6-23/h2-14,19,25,30-31H,15-18H2,1H3/t19?,25-,27-/m0/s1. The van der Waals surface area contributed by atoms with Gasteiger partial charge in [0.25, 0.3) is 0 Å². The monoisotopic (exact) mass is 449 g/mol. The summed E-state index contributed by atoms with van der Waals surface area (Å²) in [5.74, 6) is -0.273. The van der Waals surface area contributed by atoms with Crippen molar-refractivity contribution in [3.8, 4) is 11.1 Å². The Balaban J connectivity index is 1.51. The molecule has 6 heteroatoms. The molecule has 1 fully saturated rings. The number of ether oxygens (including phenoxy) is 1. The zero-order valence-corrected chi connectivity index (χ0v) is 18.5. The van der Waals surface area contributed by atoms with Crippen LogP contribution >= 0.6 is 0 Å². The summed E-state index contributed by atoms with van der Waals surface area (Å²) in [6.07, 6.45) is -0.808. The Kier molecular flexibility index (Phi) is 6.77. The summed E-state index contributed by atoms with van der Waals surface area (Å²) >= 11 is 0. The predicted molar refractivity (Wildman–Crippen MR) is 124 cm³/mol. The average molecular weight is 450 g/mol. The molecule has 1 amide bonds. The number of amides is 1. The molecule has 1 aliphatic rings. The van der Waals surface area contributed by atoms with E-state index in [0.717, 1.165) is 22.3 Å². The summed E-state index contributed by atoms with van der Waals surface area (Å²) in [5, 5.41) is 19.5. The quantitative estimate of drug-likeness (QED) is 0.531. The molecule has 172 valence electrons. The maximum atomic E-state index is 13.2. The Morgan fingerprint density at radius 3 is 2.18 bits per heavy atom. The maximum absolute atomic E-state index is 13.2. The Bertz CT molecular complexity index is 1070. The van der Waals surface area contributed by atoms with Gasteiger partial charge in [-0.25, -0.2) is 9.18 Å². The van der Waals surface area contributed by atoms with Crippen LogP contribution in [0.25, 0.3) is 11.1 Å². The van der Waals surface area contributed by atoms with Crippen molar-refractivity contribution in [2.75, 3.05) is 13.2 Å². The van der Waals surface area contributed by atoms with Crippen molar-refractivity contribution in [3.05, 3.63) is 95.8 Å². The number of aliphatic hydroxyl groups is 2. The van der Waals surface area contributed by atoms with Crippen LogP contribution < -0.4 is 0 Å². The lowest BCUT2D eigenvalue weighted by Gasteiger charge is -2.44. The van der Waals surface area contributed by atoms with Crippen LogP contribution in [0, 0.1) is 5.82 Å². The van der Waals surface area contributed by atoms with Gasteiger partial charge in [0.15, 0.2) is 0 Å². The van der Waals surface area contributed by atoms with Crippen LogP contribution in [0.3, 0.4) is 0 Å². The van der Waals surface area contributed by atoms with Crippen LogP contribution in [0.4, 0.5) is 9.18 Å². The van der Waals surface area contributed by atoms with Gasteiger partial charge in [-0.2, -0.15) is 0 Å². The number of rotatable bonds is 7. The molecule has 2 N–H and O–H groups in total. The molecule has 1 saturated heterocycles. The van der Waals surface area contributed by atoms with E-state index in [9.17, 15) is 19.4 Å². The van der Waals surface area contributed by atoms with E-state index in [2.05, 4.69) is 0 Å². The molecule has 4 rings (SSSR count). The fraction of sp³-hybridized carbons (Fsp3) is 0.296. The first kappa shape index (κ1) is 23.0. The summed E-state index contributed by atoms with van der Waals surface area (Å²) in [6.45, 7) is 2.01.